The highest BCUT2D eigenvalue weighted by Gasteiger charge is 2.15. The van der Waals surface area contributed by atoms with Gasteiger partial charge >= 0.3 is 0 Å². The number of benzene rings is 6. The number of nitrogens with one attached hydrogen (secondary N) is 1. The molecule has 36 heavy (non-hydrogen) atoms. The van der Waals surface area contributed by atoms with Crippen molar-refractivity contribution in [2.75, 3.05) is 10.2 Å². The Balaban J connectivity index is 1.42. The zero-order valence-corrected chi connectivity index (χ0v) is 19.9. The molecule has 0 saturated carbocycles. The van der Waals surface area contributed by atoms with Gasteiger partial charge in [0.05, 0.1) is 5.69 Å². The number of hydrogen-bond acceptors (Lipinski definition) is 2. The van der Waals surface area contributed by atoms with Crippen molar-refractivity contribution in [2.45, 2.75) is 0 Å². The van der Waals surface area contributed by atoms with Crippen LogP contribution in [0.1, 0.15) is 0 Å². The predicted octanol–water partition coefficient (Wildman–Crippen LogP) is 9.72. The molecule has 0 unspecified atom stereocenters. The van der Waals surface area contributed by atoms with E-state index in [-0.39, 0.29) is 0 Å². The quantitative estimate of drug-likeness (QED) is 0.265. The van der Waals surface area contributed by atoms with Gasteiger partial charge in [0.2, 0.25) is 0 Å². The van der Waals surface area contributed by atoms with Crippen molar-refractivity contribution in [2.24, 2.45) is 0 Å². The van der Waals surface area contributed by atoms with E-state index in [2.05, 4.69) is 144 Å². The molecule has 6 rings (SSSR count). The lowest BCUT2D eigenvalue weighted by Gasteiger charge is -2.27. The SMILES string of the molecule is c1ccc(Nc2ccc(N(c3ccc(-c4ccccc4)cc3)c3cccc4ccccc34)cc2)cc1. The number of hydrogen-bond donors (Lipinski definition) is 1. The molecule has 0 aliphatic rings. The van der Waals surface area contributed by atoms with Crippen molar-refractivity contribution in [1.82, 2.24) is 0 Å². The van der Waals surface area contributed by atoms with Crippen LogP contribution in [-0.2, 0) is 0 Å². The summed E-state index contributed by atoms with van der Waals surface area (Å²) in [6, 6.07) is 53.3. The van der Waals surface area contributed by atoms with Crippen molar-refractivity contribution < 1.29 is 0 Å². The topological polar surface area (TPSA) is 15.3 Å². The zero-order valence-electron chi connectivity index (χ0n) is 19.9. The monoisotopic (exact) mass is 462 g/mol. The highest BCUT2D eigenvalue weighted by atomic mass is 15.1. The smallest absolute Gasteiger partial charge is 0.0540 e. The number of nitrogens with zero attached hydrogens (tertiary/aromatic N) is 1. The van der Waals surface area contributed by atoms with Crippen molar-refractivity contribution in [3.63, 3.8) is 0 Å². The highest BCUT2D eigenvalue weighted by Crippen LogP contribution is 2.39. The van der Waals surface area contributed by atoms with Gasteiger partial charge in [-0.15, -0.1) is 0 Å². The maximum atomic E-state index is 3.49. The van der Waals surface area contributed by atoms with Crippen LogP contribution in [0.4, 0.5) is 28.4 Å². The maximum Gasteiger partial charge on any atom is 0.0540 e. The molecule has 0 aliphatic carbocycles. The molecule has 1 N–H and O–H groups in total. The van der Waals surface area contributed by atoms with Crippen LogP contribution in [0, 0.1) is 0 Å². The molecule has 0 spiro atoms. The maximum absolute atomic E-state index is 3.49. The third-order valence-corrected chi connectivity index (χ3v) is 6.43. The number of para-hydroxylation sites is 1. The lowest BCUT2D eigenvalue weighted by atomic mass is 10.0. The van der Waals surface area contributed by atoms with Gasteiger partial charge in [0, 0.05) is 28.1 Å². The van der Waals surface area contributed by atoms with E-state index in [0.29, 0.717) is 0 Å². The van der Waals surface area contributed by atoms with Crippen LogP contribution in [-0.4, -0.2) is 0 Å². The fourth-order valence-corrected chi connectivity index (χ4v) is 4.65. The van der Waals surface area contributed by atoms with E-state index in [1.807, 2.05) is 18.2 Å². The molecular weight excluding hydrogens is 436 g/mol. The van der Waals surface area contributed by atoms with Crippen molar-refractivity contribution in [3.8, 4) is 11.1 Å². The van der Waals surface area contributed by atoms with Crippen LogP contribution >= 0.6 is 0 Å². The first-order chi connectivity index (χ1) is 17.8. The van der Waals surface area contributed by atoms with E-state index < -0.39 is 0 Å². The Bertz CT molecular complexity index is 1570. The standard InChI is InChI=1S/C34H26N2/c1-3-10-26(11-4-1)27-18-22-31(23-19-27)36(34-17-9-13-28-12-7-8-16-33(28)34)32-24-20-30(21-25-32)35-29-14-5-2-6-15-29/h1-25,35H. The van der Waals surface area contributed by atoms with E-state index in [4.69, 9.17) is 0 Å². The summed E-state index contributed by atoms with van der Waals surface area (Å²) in [4.78, 5) is 2.34. The van der Waals surface area contributed by atoms with Gasteiger partial charge in [0.1, 0.15) is 0 Å². The first-order valence-corrected chi connectivity index (χ1v) is 12.2. The minimum absolute atomic E-state index is 1.06. The molecule has 172 valence electrons. The minimum Gasteiger partial charge on any atom is -0.356 e. The summed E-state index contributed by atoms with van der Waals surface area (Å²) in [7, 11) is 0. The van der Waals surface area contributed by atoms with E-state index in [0.717, 1.165) is 28.4 Å². The molecule has 0 aromatic heterocycles. The van der Waals surface area contributed by atoms with Crippen LogP contribution in [0.2, 0.25) is 0 Å². The predicted molar refractivity (Wildman–Crippen MR) is 154 cm³/mol. The van der Waals surface area contributed by atoms with Crippen molar-refractivity contribution >= 4 is 39.2 Å². The molecular formula is C34H26N2. The number of fused-ring (bicyclic) bond motifs is 1. The van der Waals surface area contributed by atoms with Crippen LogP contribution in [0.25, 0.3) is 21.9 Å². The molecule has 0 radical (unpaired) electrons. The van der Waals surface area contributed by atoms with Crippen LogP contribution in [0.3, 0.4) is 0 Å². The van der Waals surface area contributed by atoms with Gasteiger partial charge < -0.3 is 10.2 Å². The first-order valence-electron chi connectivity index (χ1n) is 12.2. The average Bonchev–Trinajstić information content (AvgIpc) is 2.96. The Morgan fingerprint density at radius 2 is 0.917 bits per heavy atom. The molecule has 2 heteroatoms. The van der Waals surface area contributed by atoms with Crippen molar-refractivity contribution in [1.29, 1.82) is 0 Å². The molecule has 6 aromatic rings. The molecule has 0 amide bonds. The molecule has 2 nitrogen and oxygen atoms in total. The molecule has 6 aromatic carbocycles. The van der Waals surface area contributed by atoms with Gasteiger partial charge in [-0.1, -0.05) is 97.1 Å². The molecule has 0 fully saturated rings. The molecule has 0 heterocycles. The Kier molecular flexibility index (Phi) is 5.91. The van der Waals surface area contributed by atoms with Crippen LogP contribution in [0.15, 0.2) is 152 Å². The summed E-state index contributed by atoms with van der Waals surface area (Å²) in [6.45, 7) is 0. The first kappa shape index (κ1) is 21.7. The van der Waals surface area contributed by atoms with Gasteiger partial charge in [0.15, 0.2) is 0 Å². The van der Waals surface area contributed by atoms with E-state index >= 15 is 0 Å². The fourth-order valence-electron chi connectivity index (χ4n) is 4.65. The van der Waals surface area contributed by atoms with E-state index in [1.54, 1.807) is 0 Å². The Labute approximate surface area is 212 Å². The second kappa shape index (κ2) is 9.81. The van der Waals surface area contributed by atoms with Crippen LogP contribution in [0.5, 0.6) is 0 Å². The summed E-state index contributed by atoms with van der Waals surface area (Å²) >= 11 is 0. The highest BCUT2D eigenvalue weighted by molar-refractivity contribution is 5.99. The van der Waals surface area contributed by atoms with Gasteiger partial charge in [0.25, 0.3) is 0 Å². The second-order valence-electron chi connectivity index (χ2n) is 8.78. The third kappa shape index (κ3) is 4.45. The lowest BCUT2D eigenvalue weighted by Crippen LogP contribution is -2.10. The van der Waals surface area contributed by atoms with Crippen LogP contribution < -0.4 is 10.2 Å². The fraction of sp³-hybridized carbons (Fsp3) is 0. The van der Waals surface area contributed by atoms with Gasteiger partial charge in [-0.05, 0) is 71.1 Å². The summed E-state index contributed by atoms with van der Waals surface area (Å²) < 4.78 is 0. The molecule has 0 saturated heterocycles. The average molecular weight is 463 g/mol. The third-order valence-electron chi connectivity index (χ3n) is 6.43. The Morgan fingerprint density at radius 1 is 0.389 bits per heavy atom. The number of rotatable bonds is 6. The molecule has 0 atom stereocenters. The summed E-state index contributed by atoms with van der Waals surface area (Å²) in [5.74, 6) is 0. The molecule has 0 bridgehead atoms. The van der Waals surface area contributed by atoms with Gasteiger partial charge in [-0.3, -0.25) is 0 Å². The number of anilines is 5. The van der Waals surface area contributed by atoms with E-state index in [9.17, 15) is 0 Å². The summed E-state index contributed by atoms with van der Waals surface area (Å²) in [5.41, 5.74) is 7.95. The lowest BCUT2D eigenvalue weighted by molar-refractivity contribution is 1.30. The van der Waals surface area contributed by atoms with Gasteiger partial charge in [-0.2, -0.15) is 0 Å². The second-order valence-corrected chi connectivity index (χ2v) is 8.78. The normalized spacial score (nSPS) is 10.8. The van der Waals surface area contributed by atoms with E-state index in [1.165, 1.54) is 21.9 Å². The molecule has 0 aliphatic heterocycles. The Morgan fingerprint density at radius 3 is 1.64 bits per heavy atom. The zero-order chi connectivity index (χ0) is 24.2. The Hall–Kier alpha value is -4.82. The largest absolute Gasteiger partial charge is 0.356 e. The van der Waals surface area contributed by atoms with Crippen molar-refractivity contribution in [3.05, 3.63) is 152 Å². The minimum atomic E-state index is 1.06. The van der Waals surface area contributed by atoms with Gasteiger partial charge in [-0.25, -0.2) is 0 Å². The summed E-state index contributed by atoms with van der Waals surface area (Å²) in [5, 5.41) is 5.93. The summed E-state index contributed by atoms with van der Waals surface area (Å²) in [6.07, 6.45) is 0.